The average molecular weight is 421 g/mol. The number of nitrogens with zero attached hydrogens (tertiary/aromatic N) is 4. The molecule has 3 aromatic rings. The summed E-state index contributed by atoms with van der Waals surface area (Å²) >= 11 is 6.06. The summed E-state index contributed by atoms with van der Waals surface area (Å²) in [5.41, 5.74) is 1.99. The fraction of sp³-hybridized carbons (Fsp3) is 0.261. The second-order valence-corrected chi connectivity index (χ2v) is 7.92. The number of hydrogen-bond acceptors (Lipinski definition) is 5. The highest BCUT2D eigenvalue weighted by atomic mass is 35.5. The van der Waals surface area contributed by atoms with Gasteiger partial charge < -0.3 is 14.5 Å². The van der Waals surface area contributed by atoms with Crippen molar-refractivity contribution in [2.75, 3.05) is 31.1 Å². The van der Waals surface area contributed by atoms with E-state index in [1.54, 1.807) is 12.3 Å². The maximum absolute atomic E-state index is 13.0. The first-order valence-electron chi connectivity index (χ1n) is 10.0. The van der Waals surface area contributed by atoms with Gasteiger partial charge in [0.1, 0.15) is 11.6 Å². The van der Waals surface area contributed by atoms with Crippen LogP contribution in [-0.2, 0) is 11.2 Å². The Labute approximate surface area is 180 Å². The molecule has 5 rings (SSSR count). The van der Waals surface area contributed by atoms with E-state index in [2.05, 4.69) is 9.88 Å². The Morgan fingerprint density at radius 1 is 1.03 bits per heavy atom. The van der Waals surface area contributed by atoms with Crippen molar-refractivity contribution in [3.8, 4) is 17.1 Å². The second-order valence-electron chi connectivity index (χ2n) is 7.48. The van der Waals surface area contributed by atoms with Crippen molar-refractivity contribution in [3.05, 3.63) is 71.4 Å². The Balaban J connectivity index is 1.22. The molecule has 1 fully saturated rings. The molecular weight excluding hydrogens is 400 g/mol. The zero-order valence-corrected chi connectivity index (χ0v) is 17.1. The summed E-state index contributed by atoms with van der Waals surface area (Å²) in [5, 5.41) is 0.666. The molecule has 1 aromatic heterocycles. The smallest absolute Gasteiger partial charge is 0.264 e. The van der Waals surface area contributed by atoms with E-state index in [0.29, 0.717) is 30.4 Å². The van der Waals surface area contributed by atoms with E-state index in [1.807, 2.05) is 53.4 Å². The van der Waals surface area contributed by atoms with Crippen LogP contribution >= 0.6 is 11.6 Å². The number of carbonyl (C=O) groups is 1. The molecule has 1 saturated heterocycles. The number of amides is 1. The number of halogens is 1. The third-order valence-electron chi connectivity index (χ3n) is 5.56. The average Bonchev–Trinajstić information content (AvgIpc) is 3.22. The summed E-state index contributed by atoms with van der Waals surface area (Å²) in [7, 11) is 0. The number of ether oxygens (including phenoxy) is 1. The molecule has 1 atom stereocenters. The minimum atomic E-state index is -0.464. The lowest BCUT2D eigenvalue weighted by Crippen LogP contribution is -2.52. The molecule has 0 N–H and O–H groups in total. The van der Waals surface area contributed by atoms with Crippen LogP contribution in [0.25, 0.3) is 11.4 Å². The molecule has 0 radical (unpaired) electrons. The third kappa shape index (κ3) is 3.71. The van der Waals surface area contributed by atoms with Crippen LogP contribution in [0.5, 0.6) is 5.75 Å². The highest BCUT2D eigenvalue weighted by Gasteiger charge is 2.34. The van der Waals surface area contributed by atoms with E-state index >= 15 is 0 Å². The standard InChI is InChI=1S/C23H21ClN4O2/c24-18-6-7-19-17(14-18)15-20(30-19)23(29)28-12-10-27(11-13-28)21-8-9-25-22(26-21)16-4-2-1-3-5-16/h1-9,14,20H,10-13,15H2. The molecule has 152 valence electrons. The number of carbonyl (C=O) groups excluding carboxylic acids is 1. The molecule has 3 heterocycles. The quantitative estimate of drug-likeness (QED) is 0.649. The highest BCUT2D eigenvalue weighted by Crippen LogP contribution is 2.32. The van der Waals surface area contributed by atoms with Gasteiger partial charge >= 0.3 is 0 Å². The maximum Gasteiger partial charge on any atom is 0.264 e. The Bertz CT molecular complexity index is 1070. The van der Waals surface area contributed by atoms with Crippen LogP contribution < -0.4 is 9.64 Å². The van der Waals surface area contributed by atoms with Gasteiger partial charge in [0.25, 0.3) is 5.91 Å². The monoisotopic (exact) mass is 420 g/mol. The van der Waals surface area contributed by atoms with Crippen molar-refractivity contribution in [3.63, 3.8) is 0 Å². The minimum absolute atomic E-state index is 0.0367. The molecule has 1 unspecified atom stereocenters. The molecule has 0 saturated carbocycles. The van der Waals surface area contributed by atoms with E-state index in [0.717, 1.165) is 35.8 Å². The normalized spacial score (nSPS) is 18.1. The fourth-order valence-electron chi connectivity index (χ4n) is 3.97. The lowest BCUT2D eigenvalue weighted by molar-refractivity contribution is -0.138. The Hall–Kier alpha value is -3.12. The van der Waals surface area contributed by atoms with Gasteiger partial charge in [-0.3, -0.25) is 4.79 Å². The van der Waals surface area contributed by atoms with Gasteiger partial charge in [-0.25, -0.2) is 9.97 Å². The molecule has 2 aliphatic rings. The van der Waals surface area contributed by atoms with E-state index in [-0.39, 0.29) is 5.91 Å². The molecule has 2 aromatic carbocycles. The Morgan fingerprint density at radius 3 is 2.63 bits per heavy atom. The molecule has 0 spiro atoms. The third-order valence-corrected chi connectivity index (χ3v) is 5.80. The summed E-state index contributed by atoms with van der Waals surface area (Å²) in [6, 6.07) is 17.4. The van der Waals surface area contributed by atoms with Gasteiger partial charge in [0.15, 0.2) is 11.9 Å². The topological polar surface area (TPSA) is 58.6 Å². The first-order chi connectivity index (χ1) is 14.7. The number of aromatic nitrogens is 2. The summed E-state index contributed by atoms with van der Waals surface area (Å²) in [6.45, 7) is 2.73. The van der Waals surface area contributed by atoms with Crippen LogP contribution in [0.3, 0.4) is 0 Å². The number of piperazine rings is 1. The van der Waals surface area contributed by atoms with Crippen molar-refractivity contribution in [1.29, 1.82) is 0 Å². The van der Waals surface area contributed by atoms with Gasteiger partial charge in [-0.15, -0.1) is 0 Å². The van der Waals surface area contributed by atoms with Crippen LogP contribution in [0.4, 0.5) is 5.82 Å². The maximum atomic E-state index is 13.0. The highest BCUT2D eigenvalue weighted by molar-refractivity contribution is 6.30. The zero-order valence-electron chi connectivity index (χ0n) is 16.4. The molecule has 30 heavy (non-hydrogen) atoms. The van der Waals surface area contributed by atoms with Gasteiger partial charge in [-0.1, -0.05) is 41.9 Å². The number of anilines is 1. The van der Waals surface area contributed by atoms with Crippen LogP contribution in [0.1, 0.15) is 5.56 Å². The Kier molecular flexibility index (Phi) is 5.01. The molecule has 6 nitrogen and oxygen atoms in total. The predicted octanol–water partition coefficient (Wildman–Crippen LogP) is 3.45. The van der Waals surface area contributed by atoms with Crippen molar-refractivity contribution >= 4 is 23.3 Å². The van der Waals surface area contributed by atoms with Gasteiger partial charge in [0, 0.05) is 49.4 Å². The summed E-state index contributed by atoms with van der Waals surface area (Å²) in [6.07, 6.45) is 1.90. The summed E-state index contributed by atoms with van der Waals surface area (Å²) in [4.78, 5) is 26.2. The van der Waals surface area contributed by atoms with Gasteiger partial charge in [0.2, 0.25) is 0 Å². The van der Waals surface area contributed by atoms with Crippen molar-refractivity contribution in [1.82, 2.24) is 14.9 Å². The fourth-order valence-corrected chi connectivity index (χ4v) is 4.16. The largest absolute Gasteiger partial charge is 0.480 e. The first kappa shape index (κ1) is 18.9. The van der Waals surface area contributed by atoms with Gasteiger partial charge in [-0.05, 0) is 29.8 Å². The number of hydrogen-bond donors (Lipinski definition) is 0. The van der Waals surface area contributed by atoms with E-state index < -0.39 is 6.10 Å². The molecule has 2 aliphatic heterocycles. The SMILES string of the molecule is O=C(C1Cc2cc(Cl)ccc2O1)N1CCN(c2ccnc(-c3ccccc3)n2)CC1. The van der Waals surface area contributed by atoms with Crippen LogP contribution in [0, 0.1) is 0 Å². The van der Waals surface area contributed by atoms with E-state index in [9.17, 15) is 4.79 Å². The van der Waals surface area contributed by atoms with Crippen molar-refractivity contribution in [2.45, 2.75) is 12.5 Å². The number of rotatable bonds is 3. The van der Waals surface area contributed by atoms with Crippen molar-refractivity contribution < 1.29 is 9.53 Å². The zero-order chi connectivity index (χ0) is 20.5. The lowest BCUT2D eigenvalue weighted by atomic mass is 10.1. The second kappa shape index (κ2) is 7.95. The Morgan fingerprint density at radius 2 is 1.83 bits per heavy atom. The minimum Gasteiger partial charge on any atom is -0.480 e. The molecule has 0 aliphatic carbocycles. The van der Waals surface area contributed by atoms with Crippen LogP contribution in [0.2, 0.25) is 5.02 Å². The van der Waals surface area contributed by atoms with E-state index in [1.165, 1.54) is 0 Å². The molecular formula is C23H21ClN4O2. The summed E-state index contributed by atoms with van der Waals surface area (Å²) < 4.78 is 5.87. The van der Waals surface area contributed by atoms with Crippen LogP contribution in [-0.4, -0.2) is 53.1 Å². The van der Waals surface area contributed by atoms with Gasteiger partial charge in [-0.2, -0.15) is 0 Å². The summed E-state index contributed by atoms with van der Waals surface area (Å²) in [5.74, 6) is 2.39. The van der Waals surface area contributed by atoms with Gasteiger partial charge in [0.05, 0.1) is 0 Å². The lowest BCUT2D eigenvalue weighted by Gasteiger charge is -2.36. The number of benzene rings is 2. The molecule has 1 amide bonds. The first-order valence-corrected chi connectivity index (χ1v) is 10.4. The van der Waals surface area contributed by atoms with Crippen molar-refractivity contribution in [2.24, 2.45) is 0 Å². The van der Waals surface area contributed by atoms with E-state index in [4.69, 9.17) is 21.3 Å². The molecule has 0 bridgehead atoms. The predicted molar refractivity (Wildman–Crippen MR) is 116 cm³/mol. The number of fused-ring (bicyclic) bond motifs is 1. The van der Waals surface area contributed by atoms with Crippen LogP contribution in [0.15, 0.2) is 60.8 Å². The molecule has 7 heteroatoms.